The molecule has 0 radical (unpaired) electrons. The Morgan fingerprint density at radius 2 is 2.25 bits per heavy atom. The smallest absolute Gasteiger partial charge is 0.352 e. The van der Waals surface area contributed by atoms with Crippen LogP contribution in [0, 0.1) is 6.92 Å². The van der Waals surface area contributed by atoms with Gasteiger partial charge in [0.2, 0.25) is 0 Å². The third-order valence-electron chi connectivity index (χ3n) is 2.50. The molecule has 0 unspecified atom stereocenters. The summed E-state index contributed by atoms with van der Waals surface area (Å²) >= 11 is 0. The van der Waals surface area contributed by atoms with Gasteiger partial charge in [-0.3, -0.25) is 4.68 Å². The molecule has 0 aliphatic rings. The van der Waals surface area contributed by atoms with Crippen molar-refractivity contribution >= 4 is 5.97 Å². The maximum absolute atomic E-state index is 11.0. The van der Waals surface area contributed by atoms with E-state index >= 15 is 0 Å². The van der Waals surface area contributed by atoms with Gasteiger partial charge in [-0.2, -0.15) is 5.10 Å². The van der Waals surface area contributed by atoms with Gasteiger partial charge in [0.15, 0.2) is 0 Å². The number of nitrogens with zero attached hydrogens (tertiary/aromatic N) is 3. The molecule has 2 aromatic rings. The number of aromatic nitrogens is 3. The number of carboxylic acids is 1. The molecule has 84 valence electrons. The summed E-state index contributed by atoms with van der Waals surface area (Å²) in [5.41, 5.74) is 1.14. The first-order chi connectivity index (χ1) is 7.68. The first-order valence-electron chi connectivity index (χ1n) is 5.05. The topological polar surface area (TPSA) is 60.0 Å². The number of carboxylic acid groups (broad SMARTS) is 1. The molecule has 5 nitrogen and oxygen atoms in total. The Bertz CT molecular complexity index is 485. The molecule has 0 bridgehead atoms. The van der Waals surface area contributed by atoms with Crippen molar-refractivity contribution in [3.8, 4) is 0 Å². The fourth-order valence-electron chi connectivity index (χ4n) is 1.70. The van der Waals surface area contributed by atoms with Crippen LogP contribution in [0.25, 0.3) is 0 Å². The largest absolute Gasteiger partial charge is 0.477 e. The highest BCUT2D eigenvalue weighted by Gasteiger charge is 2.12. The van der Waals surface area contributed by atoms with E-state index in [1.54, 1.807) is 28.6 Å². The zero-order valence-electron chi connectivity index (χ0n) is 9.00. The van der Waals surface area contributed by atoms with Crippen molar-refractivity contribution < 1.29 is 9.90 Å². The lowest BCUT2D eigenvalue weighted by molar-refractivity contribution is 0.0684. The predicted molar refractivity (Wildman–Crippen MR) is 58.4 cm³/mol. The van der Waals surface area contributed by atoms with Gasteiger partial charge in [-0.05, 0) is 24.6 Å². The summed E-state index contributed by atoms with van der Waals surface area (Å²) in [6.07, 6.45) is 5.36. The van der Waals surface area contributed by atoms with Gasteiger partial charge >= 0.3 is 5.97 Å². The number of carbonyl (C=O) groups is 1. The average molecular weight is 219 g/mol. The van der Waals surface area contributed by atoms with E-state index in [-0.39, 0.29) is 0 Å². The summed E-state index contributed by atoms with van der Waals surface area (Å²) in [7, 11) is 0. The van der Waals surface area contributed by atoms with Gasteiger partial charge in [-0.1, -0.05) is 0 Å². The highest BCUT2D eigenvalue weighted by Crippen LogP contribution is 2.10. The highest BCUT2D eigenvalue weighted by atomic mass is 16.4. The first kappa shape index (κ1) is 10.5. The molecule has 0 amide bonds. The molecule has 0 aromatic carbocycles. The molecule has 0 atom stereocenters. The average Bonchev–Trinajstić information content (AvgIpc) is 2.83. The highest BCUT2D eigenvalue weighted by molar-refractivity contribution is 5.87. The Hall–Kier alpha value is -2.04. The third kappa shape index (κ3) is 1.98. The van der Waals surface area contributed by atoms with Crippen LogP contribution in [0.5, 0.6) is 0 Å². The predicted octanol–water partition coefficient (Wildman–Crippen LogP) is 1.39. The molecule has 0 saturated heterocycles. The molecule has 1 N–H and O–H groups in total. The van der Waals surface area contributed by atoms with Crippen LogP contribution in [0.3, 0.4) is 0 Å². The van der Waals surface area contributed by atoms with Gasteiger partial charge in [0.1, 0.15) is 5.69 Å². The number of aromatic carboxylic acids is 1. The Morgan fingerprint density at radius 1 is 1.44 bits per heavy atom. The Kier molecular flexibility index (Phi) is 2.76. The fourth-order valence-corrected chi connectivity index (χ4v) is 1.70. The Morgan fingerprint density at radius 3 is 2.88 bits per heavy atom. The second kappa shape index (κ2) is 4.22. The number of hydrogen-bond acceptors (Lipinski definition) is 2. The van der Waals surface area contributed by atoms with Gasteiger partial charge < -0.3 is 9.67 Å². The monoisotopic (exact) mass is 219 g/mol. The quantitative estimate of drug-likeness (QED) is 0.845. The van der Waals surface area contributed by atoms with E-state index in [9.17, 15) is 4.79 Å². The number of rotatable bonds is 4. The van der Waals surface area contributed by atoms with Crippen molar-refractivity contribution in [2.24, 2.45) is 0 Å². The van der Waals surface area contributed by atoms with E-state index in [1.807, 2.05) is 18.3 Å². The molecule has 0 spiro atoms. The zero-order valence-corrected chi connectivity index (χ0v) is 9.00. The Balaban J connectivity index is 2.13. The van der Waals surface area contributed by atoms with Crippen molar-refractivity contribution in [3.05, 3.63) is 42.0 Å². The molecule has 0 aliphatic carbocycles. The van der Waals surface area contributed by atoms with Gasteiger partial charge in [0.05, 0.1) is 6.54 Å². The van der Waals surface area contributed by atoms with Crippen LogP contribution in [-0.4, -0.2) is 25.4 Å². The second-order valence-electron chi connectivity index (χ2n) is 3.62. The van der Waals surface area contributed by atoms with Crippen molar-refractivity contribution in [2.75, 3.05) is 0 Å². The summed E-state index contributed by atoms with van der Waals surface area (Å²) < 4.78 is 3.51. The molecule has 0 saturated carbocycles. The van der Waals surface area contributed by atoms with E-state index in [0.717, 1.165) is 5.56 Å². The lowest BCUT2D eigenvalue weighted by Crippen LogP contribution is -2.13. The van der Waals surface area contributed by atoms with Crippen LogP contribution in [0.1, 0.15) is 16.1 Å². The van der Waals surface area contributed by atoms with Crippen molar-refractivity contribution in [1.29, 1.82) is 0 Å². The van der Waals surface area contributed by atoms with Crippen molar-refractivity contribution in [3.63, 3.8) is 0 Å². The normalized spacial score (nSPS) is 10.6. The number of aryl methyl sites for hydroxylation is 3. The summed E-state index contributed by atoms with van der Waals surface area (Å²) in [6.45, 7) is 3.08. The maximum Gasteiger partial charge on any atom is 0.352 e. The van der Waals surface area contributed by atoms with Gasteiger partial charge in [0.25, 0.3) is 0 Å². The van der Waals surface area contributed by atoms with Crippen molar-refractivity contribution in [2.45, 2.75) is 20.0 Å². The third-order valence-corrected chi connectivity index (χ3v) is 2.50. The molecular weight excluding hydrogens is 206 g/mol. The second-order valence-corrected chi connectivity index (χ2v) is 3.62. The van der Waals surface area contributed by atoms with E-state index in [0.29, 0.717) is 18.8 Å². The van der Waals surface area contributed by atoms with Crippen LogP contribution in [0.4, 0.5) is 0 Å². The van der Waals surface area contributed by atoms with Crippen LogP contribution in [0.2, 0.25) is 0 Å². The minimum atomic E-state index is -0.886. The zero-order chi connectivity index (χ0) is 11.5. The molecular formula is C11H13N3O2. The summed E-state index contributed by atoms with van der Waals surface area (Å²) in [6, 6.07) is 3.66. The summed E-state index contributed by atoms with van der Waals surface area (Å²) in [5, 5.41) is 13.1. The SMILES string of the molecule is Cc1ccn(CCn2cccn2)c1C(=O)O. The lowest BCUT2D eigenvalue weighted by Gasteiger charge is -2.07. The minimum Gasteiger partial charge on any atom is -0.477 e. The van der Waals surface area contributed by atoms with Gasteiger partial charge in [-0.15, -0.1) is 0 Å². The van der Waals surface area contributed by atoms with Gasteiger partial charge in [-0.25, -0.2) is 4.79 Å². The summed E-state index contributed by atoms with van der Waals surface area (Å²) in [4.78, 5) is 11.0. The fraction of sp³-hybridized carbons (Fsp3) is 0.273. The van der Waals surface area contributed by atoms with Crippen LogP contribution in [-0.2, 0) is 13.1 Å². The maximum atomic E-state index is 11.0. The molecule has 2 aromatic heterocycles. The molecule has 2 heterocycles. The molecule has 5 heteroatoms. The standard InChI is InChI=1S/C11H13N3O2/c1-9-3-6-13(10(9)11(15)16)7-8-14-5-2-4-12-14/h2-6H,7-8H2,1H3,(H,15,16). The van der Waals surface area contributed by atoms with Crippen LogP contribution in [0.15, 0.2) is 30.7 Å². The number of hydrogen-bond donors (Lipinski definition) is 1. The Labute approximate surface area is 92.9 Å². The van der Waals surface area contributed by atoms with E-state index in [4.69, 9.17) is 5.11 Å². The van der Waals surface area contributed by atoms with E-state index in [2.05, 4.69) is 5.10 Å². The minimum absolute atomic E-state index is 0.354. The lowest BCUT2D eigenvalue weighted by atomic mass is 10.3. The van der Waals surface area contributed by atoms with Gasteiger partial charge in [0, 0.05) is 25.1 Å². The van der Waals surface area contributed by atoms with Crippen LogP contribution < -0.4 is 0 Å². The molecule has 0 fully saturated rings. The van der Waals surface area contributed by atoms with E-state index < -0.39 is 5.97 Å². The summed E-state index contributed by atoms with van der Waals surface area (Å²) in [5.74, 6) is -0.886. The van der Waals surface area contributed by atoms with Crippen LogP contribution >= 0.6 is 0 Å². The van der Waals surface area contributed by atoms with E-state index in [1.165, 1.54) is 0 Å². The molecule has 16 heavy (non-hydrogen) atoms. The molecule has 0 aliphatic heterocycles. The molecule has 2 rings (SSSR count). The van der Waals surface area contributed by atoms with Crippen molar-refractivity contribution in [1.82, 2.24) is 14.3 Å². The first-order valence-corrected chi connectivity index (χ1v) is 5.05.